The van der Waals surface area contributed by atoms with E-state index in [4.69, 9.17) is 9.84 Å². The van der Waals surface area contributed by atoms with Crippen molar-refractivity contribution in [3.05, 3.63) is 29.8 Å². The average Bonchev–Trinajstić information content (AvgIpc) is 2.89. The molecule has 1 aliphatic rings. The van der Waals surface area contributed by atoms with E-state index >= 15 is 0 Å². The van der Waals surface area contributed by atoms with E-state index in [1.54, 1.807) is 24.3 Å². The molecule has 1 saturated carbocycles. The van der Waals surface area contributed by atoms with Crippen molar-refractivity contribution < 1.29 is 19.4 Å². The Morgan fingerprint density at radius 3 is 2.74 bits per heavy atom. The normalized spacial score (nSPS) is 15.2. The molecule has 5 nitrogen and oxygen atoms in total. The lowest BCUT2D eigenvalue weighted by molar-refractivity contribution is -0.139. The number of ether oxygens (including phenoxy) is 1. The number of rotatable bonds is 5. The second-order valence-electron chi connectivity index (χ2n) is 4.67. The Morgan fingerprint density at radius 2 is 2.05 bits per heavy atom. The molecule has 1 aliphatic carbocycles. The van der Waals surface area contributed by atoms with Crippen molar-refractivity contribution in [3.8, 4) is 5.75 Å². The summed E-state index contributed by atoms with van der Waals surface area (Å²) in [6.45, 7) is -0.409. The standard InChI is InChI=1S/C14H17NO4/c16-13(17)9-19-12-7-3-4-10(8-12)14(18)15-11-5-1-2-6-11/h3-4,7-8,11H,1-2,5-6,9H2,(H,15,18)(H,16,17). The van der Waals surface area contributed by atoms with Gasteiger partial charge in [-0.15, -0.1) is 0 Å². The van der Waals surface area contributed by atoms with Crippen molar-refractivity contribution in [2.45, 2.75) is 31.7 Å². The van der Waals surface area contributed by atoms with Gasteiger partial charge in [-0.05, 0) is 31.0 Å². The number of nitrogens with one attached hydrogen (secondary N) is 1. The van der Waals surface area contributed by atoms with Crippen molar-refractivity contribution in [2.75, 3.05) is 6.61 Å². The Labute approximate surface area is 111 Å². The summed E-state index contributed by atoms with van der Waals surface area (Å²) >= 11 is 0. The van der Waals surface area contributed by atoms with Crippen molar-refractivity contribution >= 4 is 11.9 Å². The molecule has 1 aromatic carbocycles. The van der Waals surface area contributed by atoms with Gasteiger partial charge in [-0.25, -0.2) is 4.79 Å². The third kappa shape index (κ3) is 3.98. The molecule has 102 valence electrons. The van der Waals surface area contributed by atoms with E-state index in [1.807, 2.05) is 0 Å². The molecule has 0 radical (unpaired) electrons. The number of hydrogen-bond donors (Lipinski definition) is 2. The highest BCUT2D eigenvalue weighted by atomic mass is 16.5. The Bertz CT molecular complexity index is 466. The minimum absolute atomic E-state index is 0.132. The molecule has 0 atom stereocenters. The molecular weight excluding hydrogens is 246 g/mol. The first-order valence-corrected chi connectivity index (χ1v) is 6.40. The van der Waals surface area contributed by atoms with Crippen molar-refractivity contribution in [1.29, 1.82) is 0 Å². The predicted octanol–water partition coefficient (Wildman–Crippen LogP) is 1.82. The molecule has 1 aromatic rings. The van der Waals surface area contributed by atoms with Crippen LogP contribution in [0.15, 0.2) is 24.3 Å². The van der Waals surface area contributed by atoms with Crippen LogP contribution in [0, 0.1) is 0 Å². The summed E-state index contributed by atoms with van der Waals surface area (Å²) in [5.41, 5.74) is 0.495. The van der Waals surface area contributed by atoms with E-state index in [0.29, 0.717) is 11.3 Å². The third-order valence-electron chi connectivity index (χ3n) is 3.15. The molecule has 0 aliphatic heterocycles. The molecule has 0 aromatic heterocycles. The van der Waals surface area contributed by atoms with Crippen molar-refractivity contribution in [3.63, 3.8) is 0 Å². The van der Waals surface area contributed by atoms with Crippen LogP contribution >= 0.6 is 0 Å². The Kier molecular flexibility index (Phi) is 4.39. The molecule has 2 rings (SSSR count). The lowest BCUT2D eigenvalue weighted by atomic mass is 10.1. The molecule has 19 heavy (non-hydrogen) atoms. The van der Waals surface area contributed by atoms with Gasteiger partial charge in [0.2, 0.25) is 0 Å². The van der Waals surface area contributed by atoms with Crippen LogP contribution in [0.3, 0.4) is 0 Å². The van der Waals surface area contributed by atoms with Gasteiger partial charge in [-0.2, -0.15) is 0 Å². The molecule has 0 heterocycles. The van der Waals surface area contributed by atoms with Crippen LogP contribution < -0.4 is 10.1 Å². The maximum absolute atomic E-state index is 12.0. The zero-order valence-electron chi connectivity index (χ0n) is 10.6. The van der Waals surface area contributed by atoms with Gasteiger partial charge < -0.3 is 15.2 Å². The van der Waals surface area contributed by atoms with E-state index in [0.717, 1.165) is 25.7 Å². The van der Waals surface area contributed by atoms with Gasteiger partial charge in [-0.1, -0.05) is 18.9 Å². The van der Waals surface area contributed by atoms with Crippen LogP contribution in [0.4, 0.5) is 0 Å². The molecule has 0 unspecified atom stereocenters. The first-order valence-electron chi connectivity index (χ1n) is 6.40. The van der Waals surface area contributed by atoms with E-state index in [1.165, 1.54) is 0 Å². The van der Waals surface area contributed by atoms with Crippen LogP contribution in [0.5, 0.6) is 5.75 Å². The van der Waals surface area contributed by atoms with Gasteiger partial charge in [-0.3, -0.25) is 4.79 Å². The van der Waals surface area contributed by atoms with Crippen LogP contribution in [-0.4, -0.2) is 29.6 Å². The van der Waals surface area contributed by atoms with Gasteiger partial charge in [0.1, 0.15) is 5.75 Å². The predicted molar refractivity (Wildman–Crippen MR) is 69.3 cm³/mol. The van der Waals surface area contributed by atoms with Gasteiger partial charge >= 0.3 is 5.97 Å². The molecular formula is C14H17NO4. The van der Waals surface area contributed by atoms with E-state index < -0.39 is 12.6 Å². The summed E-state index contributed by atoms with van der Waals surface area (Å²) in [5, 5.41) is 11.5. The summed E-state index contributed by atoms with van der Waals surface area (Å²) < 4.78 is 5.05. The number of hydrogen-bond acceptors (Lipinski definition) is 3. The number of carbonyl (C=O) groups excluding carboxylic acids is 1. The molecule has 5 heteroatoms. The number of benzene rings is 1. The summed E-state index contributed by atoms with van der Waals surface area (Å²) in [4.78, 5) is 22.4. The Morgan fingerprint density at radius 1 is 1.32 bits per heavy atom. The fourth-order valence-electron chi connectivity index (χ4n) is 2.21. The molecule has 1 fully saturated rings. The second-order valence-corrected chi connectivity index (χ2v) is 4.67. The molecule has 1 amide bonds. The number of carboxylic acid groups (broad SMARTS) is 1. The number of carboxylic acids is 1. The van der Waals surface area contributed by atoms with Gasteiger partial charge in [0, 0.05) is 11.6 Å². The number of aliphatic carboxylic acids is 1. The zero-order valence-corrected chi connectivity index (χ0v) is 10.6. The monoisotopic (exact) mass is 263 g/mol. The zero-order chi connectivity index (χ0) is 13.7. The smallest absolute Gasteiger partial charge is 0.341 e. The molecule has 0 spiro atoms. The van der Waals surface area contributed by atoms with E-state index in [2.05, 4.69) is 5.32 Å². The number of amides is 1. The van der Waals surface area contributed by atoms with Crippen molar-refractivity contribution in [2.24, 2.45) is 0 Å². The second kappa shape index (κ2) is 6.22. The molecule has 0 bridgehead atoms. The van der Waals surface area contributed by atoms with E-state index in [9.17, 15) is 9.59 Å². The average molecular weight is 263 g/mol. The summed E-state index contributed by atoms with van der Waals surface area (Å²) in [6, 6.07) is 6.83. The van der Waals surface area contributed by atoms with Crippen LogP contribution in [0.25, 0.3) is 0 Å². The lowest BCUT2D eigenvalue weighted by Crippen LogP contribution is -2.32. The lowest BCUT2D eigenvalue weighted by Gasteiger charge is -2.12. The molecule has 2 N–H and O–H groups in total. The highest BCUT2D eigenvalue weighted by molar-refractivity contribution is 5.94. The van der Waals surface area contributed by atoms with Gasteiger partial charge in [0.05, 0.1) is 0 Å². The highest BCUT2D eigenvalue weighted by Crippen LogP contribution is 2.19. The quantitative estimate of drug-likeness (QED) is 0.849. The summed E-state index contributed by atoms with van der Waals surface area (Å²) in [7, 11) is 0. The van der Waals surface area contributed by atoms with Crippen LogP contribution in [0.2, 0.25) is 0 Å². The first-order chi connectivity index (χ1) is 9.15. The van der Waals surface area contributed by atoms with Crippen LogP contribution in [-0.2, 0) is 4.79 Å². The first kappa shape index (κ1) is 13.4. The SMILES string of the molecule is O=C(O)COc1cccc(C(=O)NC2CCCC2)c1. The fraction of sp³-hybridized carbons (Fsp3) is 0.429. The van der Waals surface area contributed by atoms with Crippen molar-refractivity contribution in [1.82, 2.24) is 5.32 Å². The topological polar surface area (TPSA) is 75.6 Å². The minimum Gasteiger partial charge on any atom is -0.482 e. The van der Waals surface area contributed by atoms with Crippen LogP contribution in [0.1, 0.15) is 36.0 Å². The fourth-order valence-corrected chi connectivity index (χ4v) is 2.21. The Balaban J connectivity index is 1.96. The largest absolute Gasteiger partial charge is 0.482 e. The van der Waals surface area contributed by atoms with E-state index in [-0.39, 0.29) is 11.9 Å². The Hall–Kier alpha value is -2.04. The highest BCUT2D eigenvalue weighted by Gasteiger charge is 2.18. The minimum atomic E-state index is -1.04. The maximum Gasteiger partial charge on any atom is 0.341 e. The summed E-state index contributed by atoms with van der Waals surface area (Å²) in [6.07, 6.45) is 4.38. The maximum atomic E-state index is 12.0. The summed E-state index contributed by atoms with van der Waals surface area (Å²) in [5.74, 6) is -0.782. The third-order valence-corrected chi connectivity index (χ3v) is 3.15. The number of carbonyl (C=O) groups is 2. The van der Waals surface area contributed by atoms with Gasteiger partial charge in [0.25, 0.3) is 5.91 Å². The molecule has 0 saturated heterocycles. The van der Waals surface area contributed by atoms with Gasteiger partial charge in [0.15, 0.2) is 6.61 Å².